The molecule has 0 amide bonds. The van der Waals surface area contributed by atoms with Crippen LogP contribution in [-0.2, 0) is 13.2 Å². The summed E-state index contributed by atoms with van der Waals surface area (Å²) in [6.45, 7) is 0.953. The molecule has 0 aliphatic carbocycles. The summed E-state index contributed by atoms with van der Waals surface area (Å²) in [5.41, 5.74) is 6.40. The van der Waals surface area contributed by atoms with Crippen molar-refractivity contribution in [1.29, 1.82) is 0 Å². The summed E-state index contributed by atoms with van der Waals surface area (Å²) in [5, 5.41) is 0. The molecule has 5 heteroatoms. The Morgan fingerprint density at radius 3 is 1.40 bits per heavy atom. The largest absolute Gasteiger partial charge is 0.493 e. The second-order valence-electron chi connectivity index (χ2n) is 9.82. The Morgan fingerprint density at radius 2 is 0.930 bits per heavy atom. The highest BCUT2D eigenvalue weighted by atomic mass is 79.9. The van der Waals surface area contributed by atoms with E-state index in [2.05, 4.69) is 58.4 Å². The molecular weight excluding hydrogens is 600 g/mol. The van der Waals surface area contributed by atoms with Crippen LogP contribution in [0.4, 0.5) is 0 Å². The van der Waals surface area contributed by atoms with Crippen molar-refractivity contribution in [1.82, 2.24) is 0 Å². The summed E-state index contributed by atoms with van der Waals surface area (Å²) in [4.78, 5) is 0. The van der Waals surface area contributed by atoms with E-state index in [0.717, 1.165) is 37.9 Å². The van der Waals surface area contributed by atoms with E-state index >= 15 is 0 Å². The van der Waals surface area contributed by atoms with Gasteiger partial charge in [-0.05, 0) is 63.7 Å². The van der Waals surface area contributed by atoms with Crippen LogP contribution in [0.5, 0.6) is 23.0 Å². The monoisotopic (exact) mass is 632 g/mol. The average Bonchev–Trinajstić information content (AvgIpc) is 3.06. The maximum absolute atomic E-state index is 6.07. The molecule has 0 aromatic heterocycles. The standard InChI is InChI=1S/C38H33BrO4/c1-40-35-21-17-29(24-37(35)42-26-31-9-5-3-6-10-31)14-13-28-15-19-33(34(39)23-28)20-16-30-18-22-36(41-2)38(25-30)43-27-32-11-7-4-8-12-32/h3-25H,26-27H2,1-2H3/b14-13+,20-16+. The van der Waals surface area contributed by atoms with E-state index in [1.165, 1.54) is 0 Å². The molecule has 0 radical (unpaired) electrons. The third-order valence-electron chi connectivity index (χ3n) is 6.80. The van der Waals surface area contributed by atoms with Crippen LogP contribution in [0.1, 0.15) is 33.4 Å². The number of benzene rings is 5. The molecule has 0 atom stereocenters. The average molecular weight is 634 g/mol. The van der Waals surface area contributed by atoms with Crippen LogP contribution in [0.2, 0.25) is 0 Å². The molecule has 0 unspecified atom stereocenters. The molecule has 0 saturated carbocycles. The first-order valence-electron chi connectivity index (χ1n) is 14.0. The van der Waals surface area contributed by atoms with E-state index in [-0.39, 0.29) is 0 Å². The topological polar surface area (TPSA) is 36.9 Å². The quantitative estimate of drug-likeness (QED) is 0.128. The molecule has 0 N–H and O–H groups in total. The van der Waals surface area contributed by atoms with Crippen LogP contribution in [0, 0.1) is 0 Å². The molecule has 0 saturated heterocycles. The van der Waals surface area contributed by atoms with Gasteiger partial charge in [-0.3, -0.25) is 0 Å². The normalized spacial score (nSPS) is 11.1. The molecular formula is C38H33BrO4. The lowest BCUT2D eigenvalue weighted by Gasteiger charge is -2.12. The van der Waals surface area contributed by atoms with Gasteiger partial charge < -0.3 is 18.9 Å². The van der Waals surface area contributed by atoms with Crippen molar-refractivity contribution in [2.75, 3.05) is 14.2 Å². The SMILES string of the molecule is COc1ccc(/C=C/c2ccc(/C=C/c3ccc(OC)c(OCc4ccccc4)c3)c(Br)c2)cc1OCc1ccccc1. The Kier molecular flexibility index (Phi) is 10.3. The lowest BCUT2D eigenvalue weighted by molar-refractivity contribution is 0.284. The first-order valence-corrected chi connectivity index (χ1v) is 14.8. The van der Waals surface area contributed by atoms with Gasteiger partial charge in [0.25, 0.3) is 0 Å². The van der Waals surface area contributed by atoms with Gasteiger partial charge in [-0.15, -0.1) is 0 Å². The summed E-state index contributed by atoms with van der Waals surface area (Å²) in [5.74, 6) is 2.83. The van der Waals surface area contributed by atoms with Crippen molar-refractivity contribution in [3.8, 4) is 23.0 Å². The molecule has 0 bridgehead atoms. The molecule has 0 fully saturated rings. The Labute approximate surface area is 262 Å². The van der Waals surface area contributed by atoms with Crippen molar-refractivity contribution in [3.63, 3.8) is 0 Å². The highest BCUT2D eigenvalue weighted by Gasteiger charge is 2.07. The van der Waals surface area contributed by atoms with Crippen LogP contribution in [0.3, 0.4) is 0 Å². The molecule has 4 nitrogen and oxygen atoms in total. The van der Waals surface area contributed by atoms with Crippen molar-refractivity contribution in [2.24, 2.45) is 0 Å². The van der Waals surface area contributed by atoms with Gasteiger partial charge in [0, 0.05) is 4.47 Å². The lowest BCUT2D eigenvalue weighted by atomic mass is 10.1. The second-order valence-corrected chi connectivity index (χ2v) is 10.7. The van der Waals surface area contributed by atoms with Crippen LogP contribution >= 0.6 is 15.9 Å². The number of ether oxygens (including phenoxy) is 4. The van der Waals surface area contributed by atoms with Crippen LogP contribution in [0.15, 0.2) is 120 Å². The number of methoxy groups -OCH3 is 2. The van der Waals surface area contributed by atoms with E-state index in [1.807, 2.05) is 97.1 Å². The maximum atomic E-state index is 6.07. The lowest BCUT2D eigenvalue weighted by Crippen LogP contribution is -1.97. The van der Waals surface area contributed by atoms with E-state index < -0.39 is 0 Å². The summed E-state index contributed by atoms with van der Waals surface area (Å²) in [6, 6.07) is 38.4. The zero-order valence-corrected chi connectivity index (χ0v) is 25.8. The van der Waals surface area contributed by atoms with Crippen molar-refractivity contribution < 1.29 is 18.9 Å². The number of halogens is 1. The first kappa shape index (κ1) is 29.7. The van der Waals surface area contributed by atoms with Gasteiger partial charge in [0.1, 0.15) is 13.2 Å². The number of rotatable bonds is 12. The predicted molar refractivity (Wildman–Crippen MR) is 180 cm³/mol. The van der Waals surface area contributed by atoms with Gasteiger partial charge in [0.05, 0.1) is 14.2 Å². The van der Waals surface area contributed by atoms with Gasteiger partial charge >= 0.3 is 0 Å². The predicted octanol–water partition coefficient (Wildman–Crippen LogP) is 9.97. The van der Waals surface area contributed by atoms with Gasteiger partial charge in [-0.2, -0.15) is 0 Å². The van der Waals surface area contributed by atoms with Gasteiger partial charge in [0.2, 0.25) is 0 Å². The van der Waals surface area contributed by atoms with Crippen molar-refractivity contribution in [3.05, 3.63) is 153 Å². The zero-order chi connectivity index (χ0) is 29.9. The van der Waals surface area contributed by atoms with Crippen LogP contribution in [-0.4, -0.2) is 14.2 Å². The summed E-state index contributed by atoms with van der Waals surface area (Å²) >= 11 is 3.74. The minimum absolute atomic E-state index is 0.476. The molecule has 5 rings (SSSR count). The molecule has 5 aromatic rings. The smallest absolute Gasteiger partial charge is 0.162 e. The Morgan fingerprint density at radius 1 is 0.488 bits per heavy atom. The summed E-state index contributed by atoms with van der Waals surface area (Å²) in [7, 11) is 3.31. The molecule has 216 valence electrons. The second kappa shape index (κ2) is 14.9. The number of hydrogen-bond donors (Lipinski definition) is 0. The van der Waals surface area contributed by atoms with E-state index in [4.69, 9.17) is 18.9 Å². The fourth-order valence-electron chi connectivity index (χ4n) is 4.45. The molecule has 0 aliphatic heterocycles. The fourth-order valence-corrected chi connectivity index (χ4v) is 4.98. The van der Waals surface area contributed by atoms with E-state index in [1.54, 1.807) is 14.2 Å². The van der Waals surface area contributed by atoms with Gasteiger partial charge in [-0.1, -0.05) is 125 Å². The zero-order valence-electron chi connectivity index (χ0n) is 24.2. The third-order valence-corrected chi connectivity index (χ3v) is 7.48. The Bertz CT molecular complexity index is 1690. The van der Waals surface area contributed by atoms with E-state index in [0.29, 0.717) is 36.2 Å². The number of hydrogen-bond acceptors (Lipinski definition) is 4. The summed E-state index contributed by atoms with van der Waals surface area (Å²) < 4.78 is 24.2. The molecule has 5 aromatic carbocycles. The molecule has 0 spiro atoms. The Hall–Kier alpha value is -4.74. The highest BCUT2D eigenvalue weighted by Crippen LogP contribution is 2.31. The van der Waals surface area contributed by atoms with Crippen molar-refractivity contribution in [2.45, 2.75) is 13.2 Å². The maximum Gasteiger partial charge on any atom is 0.162 e. The van der Waals surface area contributed by atoms with Gasteiger partial charge in [-0.25, -0.2) is 0 Å². The van der Waals surface area contributed by atoms with Gasteiger partial charge in [0.15, 0.2) is 23.0 Å². The molecule has 0 aliphatic rings. The Balaban J connectivity index is 1.25. The minimum Gasteiger partial charge on any atom is -0.493 e. The third kappa shape index (κ3) is 8.40. The molecule has 43 heavy (non-hydrogen) atoms. The summed E-state index contributed by atoms with van der Waals surface area (Å²) in [6.07, 6.45) is 8.31. The first-order chi connectivity index (χ1) is 21.1. The highest BCUT2D eigenvalue weighted by molar-refractivity contribution is 9.10. The molecule has 0 heterocycles. The fraction of sp³-hybridized carbons (Fsp3) is 0.105. The van der Waals surface area contributed by atoms with Crippen LogP contribution in [0.25, 0.3) is 24.3 Å². The van der Waals surface area contributed by atoms with E-state index in [9.17, 15) is 0 Å². The van der Waals surface area contributed by atoms with Crippen LogP contribution < -0.4 is 18.9 Å². The minimum atomic E-state index is 0.476. The van der Waals surface area contributed by atoms with Crippen molar-refractivity contribution >= 4 is 40.2 Å².